The van der Waals surface area contributed by atoms with Crippen molar-refractivity contribution in [2.75, 3.05) is 31.1 Å². The summed E-state index contributed by atoms with van der Waals surface area (Å²) < 4.78 is 0. The summed E-state index contributed by atoms with van der Waals surface area (Å²) in [5.74, 6) is 0. The van der Waals surface area contributed by atoms with Gasteiger partial charge < -0.3 is 4.90 Å². The number of anilines is 1. The van der Waals surface area contributed by atoms with Gasteiger partial charge in [0.1, 0.15) is 0 Å². The number of carbonyl (C=O) groups excluding carboxylic acids is 1. The van der Waals surface area contributed by atoms with Gasteiger partial charge in [-0.1, -0.05) is 25.5 Å². The van der Waals surface area contributed by atoms with E-state index < -0.39 is 0 Å². The third-order valence-corrected chi connectivity index (χ3v) is 4.14. The molecule has 3 nitrogen and oxygen atoms in total. The summed E-state index contributed by atoms with van der Waals surface area (Å²) in [6, 6.07) is 6.78. The third-order valence-electron chi connectivity index (χ3n) is 4.14. The van der Waals surface area contributed by atoms with Crippen LogP contribution in [0, 0.1) is 6.92 Å². The maximum Gasteiger partial charge on any atom is 0.152 e. The van der Waals surface area contributed by atoms with E-state index in [9.17, 15) is 4.79 Å². The molecule has 2 rings (SSSR count). The molecule has 1 saturated heterocycles. The summed E-state index contributed by atoms with van der Waals surface area (Å²) in [6.45, 7) is 10.7. The Morgan fingerprint density at radius 3 is 2.74 bits per heavy atom. The standard InChI is InChI=1S/C16H24N2O/c1-4-17(5-2)15-8-9-18(11-15)16-7-6-13(3)10-14(16)12-19/h6-7,10,12,15H,4-5,8-9,11H2,1-3H3. The summed E-state index contributed by atoms with van der Waals surface area (Å²) in [6.07, 6.45) is 2.17. The van der Waals surface area contributed by atoms with Crippen molar-refractivity contribution in [3.63, 3.8) is 0 Å². The lowest BCUT2D eigenvalue weighted by atomic mass is 10.1. The summed E-state index contributed by atoms with van der Waals surface area (Å²) in [4.78, 5) is 16.1. The van der Waals surface area contributed by atoms with Crippen molar-refractivity contribution in [3.05, 3.63) is 29.3 Å². The van der Waals surface area contributed by atoms with Crippen LogP contribution in [0.2, 0.25) is 0 Å². The number of carbonyl (C=O) groups is 1. The van der Waals surface area contributed by atoms with Crippen molar-refractivity contribution >= 4 is 12.0 Å². The van der Waals surface area contributed by atoms with Crippen molar-refractivity contribution in [2.45, 2.75) is 33.2 Å². The average Bonchev–Trinajstić information content (AvgIpc) is 2.89. The molecule has 1 fully saturated rings. The second kappa shape index (κ2) is 6.20. The van der Waals surface area contributed by atoms with E-state index in [1.807, 2.05) is 13.0 Å². The van der Waals surface area contributed by atoms with Crippen LogP contribution in [0.4, 0.5) is 5.69 Å². The van der Waals surface area contributed by atoms with E-state index in [4.69, 9.17) is 0 Å². The lowest BCUT2D eigenvalue weighted by molar-refractivity contribution is 0.112. The molecule has 1 heterocycles. The lowest BCUT2D eigenvalue weighted by Crippen LogP contribution is -2.37. The molecule has 1 aliphatic heterocycles. The summed E-state index contributed by atoms with van der Waals surface area (Å²) in [5, 5.41) is 0. The van der Waals surface area contributed by atoms with Crippen LogP contribution in [-0.2, 0) is 0 Å². The third kappa shape index (κ3) is 2.98. The highest BCUT2D eigenvalue weighted by Crippen LogP contribution is 2.26. The highest BCUT2D eigenvalue weighted by Gasteiger charge is 2.27. The van der Waals surface area contributed by atoms with Crippen molar-refractivity contribution in [3.8, 4) is 0 Å². The van der Waals surface area contributed by atoms with Crippen LogP contribution in [0.15, 0.2) is 18.2 Å². The Morgan fingerprint density at radius 1 is 1.37 bits per heavy atom. The Kier molecular flexibility index (Phi) is 4.59. The molecule has 1 unspecified atom stereocenters. The Morgan fingerprint density at radius 2 is 2.11 bits per heavy atom. The van der Waals surface area contributed by atoms with E-state index in [2.05, 4.69) is 35.8 Å². The summed E-state index contributed by atoms with van der Waals surface area (Å²) in [5.41, 5.74) is 3.06. The van der Waals surface area contributed by atoms with Gasteiger partial charge in [-0.05, 0) is 38.6 Å². The van der Waals surface area contributed by atoms with Crippen LogP contribution in [0.25, 0.3) is 0 Å². The minimum atomic E-state index is 0.621. The molecular formula is C16H24N2O. The number of likely N-dealkylation sites (N-methyl/N-ethyl adjacent to an activating group) is 1. The quantitative estimate of drug-likeness (QED) is 0.761. The van der Waals surface area contributed by atoms with Gasteiger partial charge in [-0.25, -0.2) is 0 Å². The Bertz CT molecular complexity index is 440. The molecule has 0 N–H and O–H groups in total. The number of aldehydes is 1. The maximum absolute atomic E-state index is 11.2. The van der Waals surface area contributed by atoms with Gasteiger partial charge in [0.2, 0.25) is 0 Å². The number of aryl methyl sites for hydroxylation is 1. The van der Waals surface area contributed by atoms with E-state index in [0.29, 0.717) is 6.04 Å². The van der Waals surface area contributed by atoms with Gasteiger partial charge >= 0.3 is 0 Å². The lowest BCUT2D eigenvalue weighted by Gasteiger charge is -2.27. The zero-order valence-electron chi connectivity index (χ0n) is 12.2. The molecule has 104 valence electrons. The fourth-order valence-corrected chi connectivity index (χ4v) is 3.05. The van der Waals surface area contributed by atoms with E-state index in [1.165, 1.54) is 6.42 Å². The number of nitrogens with zero attached hydrogens (tertiary/aromatic N) is 2. The fourth-order valence-electron chi connectivity index (χ4n) is 3.05. The van der Waals surface area contributed by atoms with E-state index in [-0.39, 0.29) is 0 Å². The molecule has 0 amide bonds. The summed E-state index contributed by atoms with van der Waals surface area (Å²) >= 11 is 0. The first-order valence-electron chi connectivity index (χ1n) is 7.24. The van der Waals surface area contributed by atoms with Gasteiger partial charge in [-0.15, -0.1) is 0 Å². The molecule has 0 spiro atoms. The number of rotatable bonds is 5. The first-order valence-corrected chi connectivity index (χ1v) is 7.24. The highest BCUT2D eigenvalue weighted by molar-refractivity contribution is 5.85. The molecule has 1 atom stereocenters. The zero-order chi connectivity index (χ0) is 13.8. The topological polar surface area (TPSA) is 23.6 Å². The normalized spacial score (nSPS) is 19.2. The van der Waals surface area contributed by atoms with Gasteiger partial charge in [0.15, 0.2) is 6.29 Å². The minimum absolute atomic E-state index is 0.621. The molecule has 3 heteroatoms. The second-order valence-electron chi connectivity index (χ2n) is 5.29. The summed E-state index contributed by atoms with van der Waals surface area (Å²) in [7, 11) is 0. The van der Waals surface area contributed by atoms with E-state index >= 15 is 0 Å². The van der Waals surface area contributed by atoms with Gasteiger partial charge in [-0.2, -0.15) is 0 Å². The average molecular weight is 260 g/mol. The molecule has 0 aliphatic carbocycles. The zero-order valence-corrected chi connectivity index (χ0v) is 12.2. The van der Waals surface area contributed by atoms with Crippen LogP contribution in [0.5, 0.6) is 0 Å². The van der Waals surface area contributed by atoms with E-state index in [1.54, 1.807) is 0 Å². The van der Waals surface area contributed by atoms with E-state index in [0.717, 1.165) is 49.3 Å². The molecule has 19 heavy (non-hydrogen) atoms. The predicted molar refractivity (Wildman–Crippen MR) is 80.1 cm³/mol. The number of hydrogen-bond acceptors (Lipinski definition) is 3. The van der Waals surface area contributed by atoms with Gasteiger partial charge in [0.25, 0.3) is 0 Å². The van der Waals surface area contributed by atoms with Crippen molar-refractivity contribution in [1.29, 1.82) is 0 Å². The van der Waals surface area contributed by atoms with Gasteiger partial charge in [0.05, 0.1) is 0 Å². The minimum Gasteiger partial charge on any atom is -0.369 e. The van der Waals surface area contributed by atoms with Crippen LogP contribution >= 0.6 is 0 Å². The Hall–Kier alpha value is -1.35. The molecule has 1 aliphatic rings. The molecular weight excluding hydrogens is 236 g/mol. The number of hydrogen-bond donors (Lipinski definition) is 0. The highest BCUT2D eigenvalue weighted by atomic mass is 16.1. The first kappa shape index (κ1) is 14.1. The second-order valence-corrected chi connectivity index (χ2v) is 5.29. The fraction of sp³-hybridized carbons (Fsp3) is 0.562. The van der Waals surface area contributed by atoms with Crippen LogP contribution in [0.1, 0.15) is 36.2 Å². The predicted octanol–water partition coefficient (Wildman–Crippen LogP) is 2.73. The largest absolute Gasteiger partial charge is 0.369 e. The van der Waals surface area contributed by atoms with Crippen LogP contribution in [-0.4, -0.2) is 43.4 Å². The Labute approximate surface area is 116 Å². The monoisotopic (exact) mass is 260 g/mol. The number of benzene rings is 1. The smallest absolute Gasteiger partial charge is 0.152 e. The van der Waals surface area contributed by atoms with Gasteiger partial charge in [-0.3, -0.25) is 9.69 Å². The SMILES string of the molecule is CCN(CC)C1CCN(c2ccc(C)cc2C=O)C1. The maximum atomic E-state index is 11.2. The molecule has 0 radical (unpaired) electrons. The molecule has 0 saturated carbocycles. The van der Waals surface area contributed by atoms with Crippen molar-refractivity contribution in [2.24, 2.45) is 0 Å². The molecule has 0 aromatic heterocycles. The van der Waals surface area contributed by atoms with Crippen LogP contribution < -0.4 is 4.90 Å². The molecule has 1 aromatic carbocycles. The van der Waals surface area contributed by atoms with Crippen molar-refractivity contribution in [1.82, 2.24) is 4.90 Å². The van der Waals surface area contributed by atoms with Crippen molar-refractivity contribution < 1.29 is 4.79 Å². The molecule has 1 aromatic rings. The Balaban J connectivity index is 2.14. The first-order chi connectivity index (χ1) is 9.19. The van der Waals surface area contributed by atoms with Crippen LogP contribution in [0.3, 0.4) is 0 Å². The molecule has 0 bridgehead atoms. The van der Waals surface area contributed by atoms with Gasteiger partial charge in [0, 0.05) is 30.4 Å².